The number of pyridine rings is 1. The summed E-state index contributed by atoms with van der Waals surface area (Å²) in [6.07, 6.45) is 5.49. The second kappa shape index (κ2) is 5.81. The van der Waals surface area contributed by atoms with Crippen LogP contribution in [0.1, 0.15) is 42.2 Å². The van der Waals surface area contributed by atoms with Crippen molar-refractivity contribution < 1.29 is 9.32 Å². The Balaban J connectivity index is 1.81. The zero-order valence-corrected chi connectivity index (χ0v) is 12.1. The molecule has 0 bridgehead atoms. The highest BCUT2D eigenvalue weighted by molar-refractivity contribution is 5.97. The topological polar surface area (TPSA) is 94.0 Å². The van der Waals surface area contributed by atoms with E-state index in [1.807, 2.05) is 6.92 Å². The van der Waals surface area contributed by atoms with Crippen molar-refractivity contribution in [1.29, 1.82) is 0 Å². The Morgan fingerprint density at radius 1 is 1.52 bits per heavy atom. The molecule has 6 heteroatoms. The molecule has 0 aliphatic heterocycles. The molecule has 1 aliphatic carbocycles. The first-order chi connectivity index (χ1) is 10.2. The Kier molecular flexibility index (Phi) is 3.88. The third kappa shape index (κ3) is 2.63. The first kappa shape index (κ1) is 14.0. The van der Waals surface area contributed by atoms with Crippen LogP contribution in [0.25, 0.3) is 11.1 Å². The van der Waals surface area contributed by atoms with E-state index in [2.05, 4.69) is 15.5 Å². The Bertz CT molecular complexity index is 652. The molecule has 1 fully saturated rings. The van der Waals surface area contributed by atoms with Crippen molar-refractivity contribution >= 4 is 17.0 Å². The van der Waals surface area contributed by atoms with Crippen molar-refractivity contribution in [1.82, 2.24) is 15.5 Å². The predicted octanol–water partition coefficient (Wildman–Crippen LogP) is 1.64. The zero-order valence-electron chi connectivity index (χ0n) is 12.1. The maximum atomic E-state index is 12.4. The van der Waals surface area contributed by atoms with Crippen molar-refractivity contribution in [2.75, 3.05) is 6.54 Å². The van der Waals surface area contributed by atoms with Gasteiger partial charge in [0.05, 0.1) is 16.6 Å². The lowest BCUT2D eigenvalue weighted by Crippen LogP contribution is -2.39. The molecule has 3 rings (SSSR count). The minimum Gasteiger partial charge on any atom is -0.349 e. The van der Waals surface area contributed by atoms with E-state index in [9.17, 15) is 4.79 Å². The highest BCUT2D eigenvalue weighted by atomic mass is 16.5. The van der Waals surface area contributed by atoms with E-state index in [0.717, 1.165) is 36.8 Å². The average molecular weight is 288 g/mol. The van der Waals surface area contributed by atoms with Crippen molar-refractivity contribution in [2.45, 2.75) is 38.6 Å². The van der Waals surface area contributed by atoms with Crippen LogP contribution in [-0.2, 0) is 6.42 Å². The number of amides is 1. The van der Waals surface area contributed by atoms with Crippen LogP contribution in [0.3, 0.4) is 0 Å². The second-order valence-electron chi connectivity index (χ2n) is 5.57. The molecular weight excluding hydrogens is 268 g/mol. The standard InChI is InChI=1S/C15H20N4O2/c1-2-12-11-6-10(8-17-15(11)21-19-12)14(20)18-13-5-3-4-9(13)7-16/h6,8-9,13H,2-5,7,16H2,1H3,(H,18,20). The summed E-state index contributed by atoms with van der Waals surface area (Å²) in [7, 11) is 0. The number of fused-ring (bicyclic) bond motifs is 1. The predicted molar refractivity (Wildman–Crippen MR) is 78.8 cm³/mol. The molecule has 3 N–H and O–H groups in total. The Morgan fingerprint density at radius 2 is 2.38 bits per heavy atom. The lowest BCUT2D eigenvalue weighted by molar-refractivity contribution is 0.0928. The maximum absolute atomic E-state index is 12.4. The monoisotopic (exact) mass is 288 g/mol. The fraction of sp³-hybridized carbons (Fsp3) is 0.533. The van der Waals surface area contributed by atoms with Crippen LogP contribution in [0.5, 0.6) is 0 Å². The Hall–Kier alpha value is -1.95. The molecule has 2 atom stereocenters. The van der Waals surface area contributed by atoms with Crippen molar-refractivity contribution in [2.24, 2.45) is 11.7 Å². The van der Waals surface area contributed by atoms with Crippen LogP contribution >= 0.6 is 0 Å². The third-order valence-electron chi connectivity index (χ3n) is 4.28. The van der Waals surface area contributed by atoms with E-state index >= 15 is 0 Å². The number of aromatic nitrogens is 2. The first-order valence-corrected chi connectivity index (χ1v) is 7.48. The molecule has 2 aromatic heterocycles. The number of hydrogen-bond donors (Lipinski definition) is 2. The molecule has 0 aromatic carbocycles. The molecule has 1 aliphatic rings. The Morgan fingerprint density at radius 3 is 3.14 bits per heavy atom. The molecule has 21 heavy (non-hydrogen) atoms. The van der Waals surface area contributed by atoms with Gasteiger partial charge in [-0.1, -0.05) is 18.5 Å². The summed E-state index contributed by atoms with van der Waals surface area (Å²) in [5.41, 5.74) is 7.60. The molecule has 112 valence electrons. The van der Waals surface area contributed by atoms with Gasteiger partial charge in [0.15, 0.2) is 0 Å². The van der Waals surface area contributed by atoms with Crippen molar-refractivity contribution in [3.05, 3.63) is 23.5 Å². The number of nitrogens with one attached hydrogen (secondary N) is 1. The summed E-state index contributed by atoms with van der Waals surface area (Å²) in [4.78, 5) is 16.6. The third-order valence-corrected chi connectivity index (χ3v) is 4.28. The lowest BCUT2D eigenvalue weighted by atomic mass is 10.0. The normalized spacial score (nSPS) is 21.8. The lowest BCUT2D eigenvalue weighted by Gasteiger charge is -2.19. The smallest absolute Gasteiger partial charge is 0.257 e. The summed E-state index contributed by atoms with van der Waals surface area (Å²) >= 11 is 0. The number of hydrogen-bond acceptors (Lipinski definition) is 5. The van der Waals surface area contributed by atoms with E-state index in [4.69, 9.17) is 10.3 Å². The summed E-state index contributed by atoms with van der Waals surface area (Å²) in [5, 5.41) is 7.85. The molecule has 0 saturated heterocycles. The maximum Gasteiger partial charge on any atom is 0.257 e. The molecule has 6 nitrogen and oxygen atoms in total. The summed E-state index contributed by atoms with van der Waals surface area (Å²) in [6, 6.07) is 1.98. The SMILES string of the molecule is CCc1noc2ncc(C(=O)NC3CCCC3CN)cc12. The van der Waals surface area contributed by atoms with E-state index in [1.165, 1.54) is 6.20 Å². The second-order valence-corrected chi connectivity index (χ2v) is 5.57. The Labute approximate surface area is 123 Å². The fourth-order valence-corrected chi connectivity index (χ4v) is 3.02. The van der Waals surface area contributed by atoms with Gasteiger partial charge >= 0.3 is 0 Å². The molecule has 2 heterocycles. The van der Waals surface area contributed by atoms with E-state index in [-0.39, 0.29) is 11.9 Å². The van der Waals surface area contributed by atoms with E-state index < -0.39 is 0 Å². The molecule has 2 unspecified atom stereocenters. The van der Waals surface area contributed by atoms with Gasteiger partial charge < -0.3 is 15.6 Å². The van der Waals surface area contributed by atoms with Gasteiger partial charge in [-0.2, -0.15) is 0 Å². The van der Waals surface area contributed by atoms with E-state index in [0.29, 0.717) is 23.7 Å². The average Bonchev–Trinajstić information content (AvgIpc) is 3.12. The van der Waals surface area contributed by atoms with Gasteiger partial charge in [0.25, 0.3) is 11.6 Å². The summed E-state index contributed by atoms with van der Waals surface area (Å²) in [5.74, 6) is 0.283. The number of carbonyl (C=O) groups is 1. The molecule has 1 amide bonds. The van der Waals surface area contributed by atoms with Gasteiger partial charge in [0.1, 0.15) is 0 Å². The fourth-order valence-electron chi connectivity index (χ4n) is 3.02. The zero-order chi connectivity index (χ0) is 14.8. The van der Waals surface area contributed by atoms with Crippen molar-refractivity contribution in [3.63, 3.8) is 0 Å². The van der Waals surface area contributed by atoms with Crippen LogP contribution in [0.4, 0.5) is 0 Å². The number of nitrogens with zero attached hydrogens (tertiary/aromatic N) is 2. The first-order valence-electron chi connectivity index (χ1n) is 7.48. The van der Waals surface area contributed by atoms with Crippen molar-refractivity contribution in [3.8, 4) is 0 Å². The number of carbonyl (C=O) groups excluding carboxylic acids is 1. The number of aryl methyl sites for hydroxylation is 1. The largest absolute Gasteiger partial charge is 0.349 e. The van der Waals surface area contributed by atoms with Gasteiger partial charge in [-0.25, -0.2) is 4.98 Å². The van der Waals surface area contributed by atoms with Gasteiger partial charge in [0, 0.05) is 12.2 Å². The van der Waals surface area contributed by atoms with Crippen LogP contribution in [-0.4, -0.2) is 28.6 Å². The van der Waals surface area contributed by atoms with Crippen LogP contribution in [0.15, 0.2) is 16.8 Å². The summed E-state index contributed by atoms with van der Waals surface area (Å²) in [6.45, 7) is 2.61. The minimum atomic E-state index is -0.0991. The molecule has 2 aromatic rings. The highest BCUT2D eigenvalue weighted by Gasteiger charge is 2.27. The minimum absolute atomic E-state index is 0.0991. The highest BCUT2D eigenvalue weighted by Crippen LogP contribution is 2.25. The van der Waals surface area contributed by atoms with Crippen LogP contribution in [0, 0.1) is 5.92 Å². The van der Waals surface area contributed by atoms with Gasteiger partial charge in [-0.15, -0.1) is 0 Å². The molecule has 0 spiro atoms. The summed E-state index contributed by atoms with van der Waals surface area (Å²) < 4.78 is 5.13. The quantitative estimate of drug-likeness (QED) is 0.892. The molecule has 0 radical (unpaired) electrons. The number of rotatable bonds is 4. The van der Waals surface area contributed by atoms with Crippen LogP contribution < -0.4 is 11.1 Å². The number of nitrogens with two attached hydrogens (primary N) is 1. The van der Waals surface area contributed by atoms with Gasteiger partial charge in [-0.05, 0) is 37.8 Å². The van der Waals surface area contributed by atoms with E-state index in [1.54, 1.807) is 6.07 Å². The van der Waals surface area contributed by atoms with Gasteiger partial charge in [0.2, 0.25) is 0 Å². The molecule has 1 saturated carbocycles. The van der Waals surface area contributed by atoms with Crippen LogP contribution in [0.2, 0.25) is 0 Å². The molecular formula is C15H20N4O2. The van der Waals surface area contributed by atoms with Gasteiger partial charge in [-0.3, -0.25) is 4.79 Å².